The molecule has 3 aromatic rings. The number of H-pyrrole nitrogens is 1. The van der Waals surface area contributed by atoms with Crippen molar-refractivity contribution in [2.75, 3.05) is 38.8 Å². The van der Waals surface area contributed by atoms with Crippen molar-refractivity contribution in [2.45, 2.75) is 58.1 Å². The first kappa shape index (κ1) is 25.7. The molecule has 1 saturated heterocycles. The van der Waals surface area contributed by atoms with Crippen LogP contribution in [0.1, 0.15) is 62.0 Å². The van der Waals surface area contributed by atoms with E-state index in [-0.39, 0.29) is 24.1 Å². The largest absolute Gasteiger partial charge is 0.495 e. The fourth-order valence-corrected chi connectivity index (χ4v) is 4.47. The Bertz CT molecular complexity index is 1170. The third kappa shape index (κ3) is 5.87. The second-order valence-electron chi connectivity index (χ2n) is 9.34. The number of pyridine rings is 1. The number of aromatic amines is 1. The SMILES string of the molecule is CC[C@@H](C)NC(=O)c1cc(N2CCC(c3c[nH]c4ncc(OC)cc34)CC2)nc(O[C@H](C)COC)n1. The summed E-state index contributed by atoms with van der Waals surface area (Å²) in [5.41, 5.74) is 2.43. The van der Waals surface area contributed by atoms with Gasteiger partial charge in [-0.25, -0.2) is 4.98 Å². The number of amides is 1. The highest BCUT2D eigenvalue weighted by molar-refractivity contribution is 5.93. The first-order valence-electron chi connectivity index (χ1n) is 12.5. The van der Waals surface area contributed by atoms with E-state index >= 15 is 0 Å². The molecule has 1 fully saturated rings. The quantitative estimate of drug-likeness (QED) is 0.437. The normalized spacial score (nSPS) is 16.1. The molecule has 10 nitrogen and oxygen atoms in total. The van der Waals surface area contributed by atoms with Gasteiger partial charge in [0.2, 0.25) is 0 Å². The Kier molecular flexibility index (Phi) is 8.25. The number of methoxy groups -OCH3 is 2. The summed E-state index contributed by atoms with van der Waals surface area (Å²) < 4.78 is 16.4. The summed E-state index contributed by atoms with van der Waals surface area (Å²) in [5, 5.41) is 4.08. The lowest BCUT2D eigenvalue weighted by molar-refractivity contribution is 0.0841. The molecule has 1 aliphatic rings. The molecule has 0 radical (unpaired) electrons. The zero-order chi connectivity index (χ0) is 25.7. The van der Waals surface area contributed by atoms with Gasteiger partial charge in [0.1, 0.15) is 29.0 Å². The van der Waals surface area contributed by atoms with Crippen molar-refractivity contribution in [2.24, 2.45) is 0 Å². The van der Waals surface area contributed by atoms with Crippen LogP contribution in [0.25, 0.3) is 11.0 Å². The van der Waals surface area contributed by atoms with Crippen molar-refractivity contribution in [3.63, 3.8) is 0 Å². The van der Waals surface area contributed by atoms with Gasteiger partial charge in [-0.2, -0.15) is 9.97 Å². The van der Waals surface area contributed by atoms with Crippen molar-refractivity contribution in [1.29, 1.82) is 0 Å². The number of anilines is 1. The molecule has 0 saturated carbocycles. The Labute approximate surface area is 211 Å². The van der Waals surface area contributed by atoms with Crippen LogP contribution >= 0.6 is 0 Å². The molecule has 0 unspecified atom stereocenters. The van der Waals surface area contributed by atoms with Gasteiger partial charge in [-0.15, -0.1) is 0 Å². The molecule has 0 aliphatic carbocycles. The highest BCUT2D eigenvalue weighted by atomic mass is 16.5. The van der Waals surface area contributed by atoms with Crippen molar-refractivity contribution in [3.8, 4) is 11.8 Å². The molecule has 194 valence electrons. The highest BCUT2D eigenvalue weighted by Gasteiger charge is 2.26. The van der Waals surface area contributed by atoms with Crippen LogP contribution < -0.4 is 19.7 Å². The summed E-state index contributed by atoms with van der Waals surface area (Å²) >= 11 is 0. The van der Waals surface area contributed by atoms with Crippen LogP contribution in [-0.4, -0.2) is 71.9 Å². The molecule has 4 rings (SSSR count). The van der Waals surface area contributed by atoms with Gasteiger partial charge >= 0.3 is 6.01 Å². The molecule has 0 spiro atoms. The van der Waals surface area contributed by atoms with Gasteiger partial charge in [0, 0.05) is 43.9 Å². The lowest BCUT2D eigenvalue weighted by atomic mass is 9.89. The van der Waals surface area contributed by atoms with Gasteiger partial charge in [0.15, 0.2) is 0 Å². The van der Waals surface area contributed by atoms with E-state index in [0.717, 1.165) is 49.1 Å². The van der Waals surface area contributed by atoms with E-state index in [1.807, 2.05) is 26.8 Å². The van der Waals surface area contributed by atoms with Crippen LogP contribution in [0.2, 0.25) is 0 Å². The number of carbonyl (C=O) groups is 1. The van der Waals surface area contributed by atoms with Crippen LogP contribution in [0.5, 0.6) is 11.8 Å². The Hall–Kier alpha value is -3.40. The topological polar surface area (TPSA) is 114 Å². The maximum atomic E-state index is 12.9. The number of aromatic nitrogens is 4. The molecule has 2 atom stereocenters. The number of nitrogens with one attached hydrogen (secondary N) is 2. The number of nitrogens with zero attached hydrogens (tertiary/aromatic N) is 4. The van der Waals surface area contributed by atoms with Gasteiger partial charge in [-0.3, -0.25) is 4.79 Å². The molecule has 3 aromatic heterocycles. The summed E-state index contributed by atoms with van der Waals surface area (Å²) in [6, 6.07) is 4.03. The smallest absolute Gasteiger partial charge is 0.319 e. The van der Waals surface area contributed by atoms with E-state index in [2.05, 4.69) is 36.3 Å². The van der Waals surface area contributed by atoms with Crippen molar-refractivity contribution >= 4 is 22.8 Å². The first-order chi connectivity index (χ1) is 17.4. The van der Waals surface area contributed by atoms with Crippen LogP contribution in [-0.2, 0) is 4.74 Å². The lowest BCUT2D eigenvalue weighted by Gasteiger charge is -2.33. The number of hydrogen-bond donors (Lipinski definition) is 2. The van der Waals surface area contributed by atoms with E-state index in [1.165, 1.54) is 5.56 Å². The number of hydrogen-bond acceptors (Lipinski definition) is 8. The maximum Gasteiger partial charge on any atom is 0.319 e. The van der Waals surface area contributed by atoms with E-state index in [9.17, 15) is 4.79 Å². The molecule has 0 bridgehead atoms. The minimum atomic E-state index is -0.242. The predicted octanol–water partition coefficient (Wildman–Crippen LogP) is 3.69. The molecular formula is C26H36N6O4. The standard InChI is InChI=1S/C26H36N6O4/c1-6-16(2)29-25(33)22-12-23(31-26(30-22)36-17(3)15-34-4)32-9-7-18(8-10-32)21-14-28-24-20(21)11-19(35-5)13-27-24/h11-14,16-18H,6-10,15H2,1-5H3,(H,27,28)(H,29,33)/t16-,17-/m1/s1. The average Bonchev–Trinajstić information content (AvgIpc) is 3.31. The molecular weight excluding hydrogens is 460 g/mol. The average molecular weight is 497 g/mol. The van der Waals surface area contributed by atoms with Gasteiger partial charge in [0.05, 0.1) is 19.9 Å². The third-order valence-electron chi connectivity index (χ3n) is 6.66. The Morgan fingerprint density at radius 1 is 1.22 bits per heavy atom. The summed E-state index contributed by atoms with van der Waals surface area (Å²) in [5.74, 6) is 1.60. The van der Waals surface area contributed by atoms with Crippen LogP contribution in [0.3, 0.4) is 0 Å². The van der Waals surface area contributed by atoms with Crippen molar-refractivity contribution in [1.82, 2.24) is 25.3 Å². The molecule has 36 heavy (non-hydrogen) atoms. The van der Waals surface area contributed by atoms with E-state index in [4.69, 9.17) is 14.2 Å². The maximum absolute atomic E-state index is 12.9. The number of rotatable bonds is 10. The zero-order valence-electron chi connectivity index (χ0n) is 21.7. The first-order valence-corrected chi connectivity index (χ1v) is 12.5. The van der Waals surface area contributed by atoms with E-state index in [1.54, 1.807) is 26.5 Å². The molecule has 0 aromatic carbocycles. The number of ether oxygens (including phenoxy) is 3. The number of piperidine rings is 1. The number of carbonyl (C=O) groups excluding carboxylic acids is 1. The van der Waals surface area contributed by atoms with Gasteiger partial charge < -0.3 is 29.4 Å². The Morgan fingerprint density at radius 2 is 2.00 bits per heavy atom. The van der Waals surface area contributed by atoms with Crippen LogP contribution in [0.4, 0.5) is 5.82 Å². The minimum Gasteiger partial charge on any atom is -0.495 e. The highest BCUT2D eigenvalue weighted by Crippen LogP contribution is 2.35. The van der Waals surface area contributed by atoms with E-state index in [0.29, 0.717) is 24.0 Å². The Balaban J connectivity index is 1.53. The molecule has 1 amide bonds. The molecule has 1 aliphatic heterocycles. The third-order valence-corrected chi connectivity index (χ3v) is 6.66. The van der Waals surface area contributed by atoms with Gasteiger partial charge in [-0.1, -0.05) is 6.92 Å². The predicted molar refractivity (Wildman–Crippen MR) is 138 cm³/mol. The lowest BCUT2D eigenvalue weighted by Crippen LogP contribution is -2.35. The van der Waals surface area contributed by atoms with Crippen LogP contribution in [0, 0.1) is 0 Å². The van der Waals surface area contributed by atoms with Crippen LogP contribution in [0.15, 0.2) is 24.5 Å². The summed E-state index contributed by atoms with van der Waals surface area (Å²) in [7, 11) is 3.27. The molecule has 2 N–H and O–H groups in total. The minimum absolute atomic E-state index is 0.0488. The van der Waals surface area contributed by atoms with E-state index < -0.39 is 0 Å². The summed E-state index contributed by atoms with van der Waals surface area (Å²) in [4.78, 5) is 31.9. The Morgan fingerprint density at radius 3 is 2.69 bits per heavy atom. The molecule has 10 heteroatoms. The second kappa shape index (κ2) is 11.6. The second-order valence-corrected chi connectivity index (χ2v) is 9.34. The fourth-order valence-electron chi connectivity index (χ4n) is 4.47. The summed E-state index contributed by atoms with van der Waals surface area (Å²) in [6.45, 7) is 7.88. The van der Waals surface area contributed by atoms with Gasteiger partial charge in [0.25, 0.3) is 5.91 Å². The van der Waals surface area contributed by atoms with Crippen molar-refractivity contribution < 1.29 is 19.0 Å². The number of fused-ring (bicyclic) bond motifs is 1. The summed E-state index contributed by atoms with van der Waals surface area (Å²) in [6.07, 6.45) is 6.26. The van der Waals surface area contributed by atoms with Crippen molar-refractivity contribution in [3.05, 3.63) is 35.8 Å². The zero-order valence-corrected chi connectivity index (χ0v) is 21.7. The van der Waals surface area contributed by atoms with Gasteiger partial charge in [-0.05, 0) is 50.7 Å². The monoisotopic (exact) mass is 496 g/mol. The fraction of sp³-hybridized carbons (Fsp3) is 0.538. The molecule has 4 heterocycles.